The van der Waals surface area contributed by atoms with Crippen molar-refractivity contribution in [3.63, 3.8) is 0 Å². The lowest BCUT2D eigenvalue weighted by atomic mass is 9.86. The molecule has 2 aromatic rings. The molecule has 0 radical (unpaired) electrons. The normalized spacial score (nSPS) is 20.2. The summed E-state index contributed by atoms with van der Waals surface area (Å²) in [5.41, 5.74) is 2.09. The van der Waals surface area contributed by atoms with Crippen LogP contribution in [0, 0.1) is 0 Å². The number of benzene rings is 2. The molecule has 4 heteroatoms. The van der Waals surface area contributed by atoms with Gasteiger partial charge in [-0.15, -0.1) is 0 Å². The Kier molecular flexibility index (Phi) is 4.72. The highest BCUT2D eigenvalue weighted by Crippen LogP contribution is 2.32. The topological polar surface area (TPSA) is 52.9 Å². The van der Waals surface area contributed by atoms with Gasteiger partial charge >= 0.3 is 0 Å². The highest BCUT2D eigenvalue weighted by Gasteiger charge is 2.43. The SMILES string of the molecule is CCC1(O)CC(c2ccccc2)=NN1C(=O)c1ccc(C(C)(C)C)cc1. The van der Waals surface area contributed by atoms with Crippen LogP contribution in [0.1, 0.15) is 62.0 Å². The van der Waals surface area contributed by atoms with Gasteiger partial charge in [-0.2, -0.15) is 10.1 Å². The monoisotopic (exact) mass is 350 g/mol. The van der Waals surface area contributed by atoms with E-state index in [1.54, 1.807) is 0 Å². The first-order valence-electron chi connectivity index (χ1n) is 9.05. The lowest BCUT2D eigenvalue weighted by Crippen LogP contribution is -2.45. The zero-order valence-electron chi connectivity index (χ0n) is 15.9. The number of hydrogen-bond acceptors (Lipinski definition) is 3. The Bertz CT molecular complexity index is 819. The largest absolute Gasteiger partial charge is 0.369 e. The van der Waals surface area contributed by atoms with E-state index in [0.29, 0.717) is 18.4 Å². The maximum Gasteiger partial charge on any atom is 0.276 e. The third-order valence-electron chi connectivity index (χ3n) is 4.93. The molecule has 0 fully saturated rings. The molecule has 1 atom stereocenters. The number of nitrogens with zero attached hydrogens (tertiary/aromatic N) is 2. The Morgan fingerprint density at radius 1 is 1.12 bits per heavy atom. The fourth-order valence-electron chi connectivity index (χ4n) is 3.13. The number of carbonyl (C=O) groups excluding carboxylic acids is 1. The number of hydrazone groups is 1. The van der Waals surface area contributed by atoms with Crippen LogP contribution in [0.4, 0.5) is 0 Å². The number of rotatable bonds is 3. The summed E-state index contributed by atoms with van der Waals surface area (Å²) in [6.45, 7) is 8.27. The van der Waals surface area contributed by atoms with Gasteiger partial charge in [-0.1, -0.05) is 70.2 Å². The summed E-state index contributed by atoms with van der Waals surface area (Å²) in [7, 11) is 0. The van der Waals surface area contributed by atoms with Gasteiger partial charge in [0.05, 0.1) is 5.71 Å². The van der Waals surface area contributed by atoms with Crippen LogP contribution in [0.5, 0.6) is 0 Å². The smallest absolute Gasteiger partial charge is 0.276 e. The lowest BCUT2D eigenvalue weighted by molar-refractivity contribution is -0.0727. The molecule has 1 aliphatic heterocycles. The van der Waals surface area contributed by atoms with E-state index < -0.39 is 5.72 Å². The highest BCUT2D eigenvalue weighted by atomic mass is 16.3. The van der Waals surface area contributed by atoms with E-state index in [0.717, 1.165) is 16.8 Å². The van der Waals surface area contributed by atoms with Crippen molar-refractivity contribution in [1.29, 1.82) is 0 Å². The molecule has 0 spiro atoms. The van der Waals surface area contributed by atoms with Crippen molar-refractivity contribution >= 4 is 11.6 Å². The van der Waals surface area contributed by atoms with E-state index in [4.69, 9.17) is 0 Å². The minimum Gasteiger partial charge on any atom is -0.369 e. The Hall–Kier alpha value is -2.46. The number of carbonyl (C=O) groups is 1. The zero-order chi connectivity index (χ0) is 18.9. The van der Waals surface area contributed by atoms with Crippen molar-refractivity contribution in [1.82, 2.24) is 5.01 Å². The van der Waals surface area contributed by atoms with Gasteiger partial charge in [-0.25, -0.2) is 0 Å². The van der Waals surface area contributed by atoms with Gasteiger partial charge in [-0.3, -0.25) is 4.79 Å². The third kappa shape index (κ3) is 3.42. The number of hydrogen-bond donors (Lipinski definition) is 1. The molecule has 0 bridgehead atoms. The molecule has 4 nitrogen and oxygen atoms in total. The van der Waals surface area contributed by atoms with Crippen LogP contribution in [0.15, 0.2) is 59.7 Å². The predicted molar refractivity (Wildman–Crippen MR) is 104 cm³/mol. The quantitative estimate of drug-likeness (QED) is 0.895. The summed E-state index contributed by atoms with van der Waals surface area (Å²) < 4.78 is 0. The molecular weight excluding hydrogens is 324 g/mol. The maximum atomic E-state index is 13.0. The van der Waals surface area contributed by atoms with Gasteiger partial charge in [-0.05, 0) is 35.1 Å². The molecule has 0 saturated heterocycles. The second-order valence-corrected chi connectivity index (χ2v) is 7.87. The van der Waals surface area contributed by atoms with Crippen LogP contribution in [0.25, 0.3) is 0 Å². The van der Waals surface area contributed by atoms with Crippen LogP contribution < -0.4 is 0 Å². The number of amides is 1. The van der Waals surface area contributed by atoms with Crippen LogP contribution in [0.2, 0.25) is 0 Å². The Balaban J connectivity index is 1.92. The second-order valence-electron chi connectivity index (χ2n) is 7.87. The van der Waals surface area contributed by atoms with Crippen molar-refractivity contribution in [2.45, 2.75) is 51.7 Å². The summed E-state index contributed by atoms with van der Waals surface area (Å²) in [5, 5.41) is 16.7. The van der Waals surface area contributed by atoms with E-state index in [1.807, 2.05) is 61.5 Å². The average Bonchev–Trinajstić information content (AvgIpc) is 2.99. The van der Waals surface area contributed by atoms with Crippen LogP contribution in [-0.4, -0.2) is 27.5 Å². The van der Waals surface area contributed by atoms with Gasteiger partial charge in [0.2, 0.25) is 0 Å². The number of aliphatic hydroxyl groups is 1. The molecule has 26 heavy (non-hydrogen) atoms. The molecule has 0 aromatic heterocycles. The molecule has 1 N–H and O–H groups in total. The first kappa shape index (κ1) is 18.3. The van der Waals surface area contributed by atoms with Gasteiger partial charge in [0, 0.05) is 12.0 Å². The zero-order valence-corrected chi connectivity index (χ0v) is 15.9. The molecule has 3 rings (SSSR count). The first-order valence-corrected chi connectivity index (χ1v) is 9.05. The molecule has 2 aromatic carbocycles. The molecule has 1 amide bonds. The molecule has 136 valence electrons. The summed E-state index contributed by atoms with van der Waals surface area (Å²) in [6, 6.07) is 17.3. The van der Waals surface area contributed by atoms with E-state index in [2.05, 4.69) is 25.9 Å². The van der Waals surface area contributed by atoms with Crippen molar-refractivity contribution in [2.24, 2.45) is 5.10 Å². The predicted octanol–water partition coefficient (Wildman–Crippen LogP) is 4.33. The fraction of sp³-hybridized carbons (Fsp3) is 0.364. The summed E-state index contributed by atoms with van der Waals surface area (Å²) in [6.07, 6.45) is 0.748. The summed E-state index contributed by atoms with van der Waals surface area (Å²) in [4.78, 5) is 13.0. The van der Waals surface area contributed by atoms with E-state index in [-0.39, 0.29) is 11.3 Å². The van der Waals surface area contributed by atoms with Gasteiger partial charge in [0.25, 0.3) is 5.91 Å². The van der Waals surface area contributed by atoms with Crippen molar-refractivity contribution < 1.29 is 9.90 Å². The minimum atomic E-state index is -1.29. The first-order chi connectivity index (χ1) is 12.2. The highest BCUT2D eigenvalue weighted by molar-refractivity contribution is 6.05. The fourth-order valence-corrected chi connectivity index (χ4v) is 3.13. The Labute approximate surface area is 155 Å². The Morgan fingerprint density at radius 2 is 1.73 bits per heavy atom. The third-order valence-corrected chi connectivity index (χ3v) is 4.93. The van der Waals surface area contributed by atoms with E-state index >= 15 is 0 Å². The average molecular weight is 350 g/mol. The van der Waals surface area contributed by atoms with E-state index in [9.17, 15) is 9.90 Å². The van der Waals surface area contributed by atoms with Crippen molar-refractivity contribution in [3.8, 4) is 0 Å². The minimum absolute atomic E-state index is 0.0258. The van der Waals surface area contributed by atoms with Crippen molar-refractivity contribution in [2.75, 3.05) is 0 Å². The second kappa shape index (κ2) is 6.69. The standard InChI is InChI=1S/C22H26N2O2/c1-5-22(26)15-19(16-9-7-6-8-10-16)23-24(22)20(25)17-11-13-18(14-12-17)21(2,3)4/h6-14,26H,5,15H2,1-4H3. The van der Waals surface area contributed by atoms with Gasteiger partial charge in [0.1, 0.15) is 0 Å². The van der Waals surface area contributed by atoms with Crippen LogP contribution in [0.3, 0.4) is 0 Å². The van der Waals surface area contributed by atoms with E-state index in [1.165, 1.54) is 5.01 Å². The molecular formula is C22H26N2O2. The molecule has 0 saturated carbocycles. The van der Waals surface area contributed by atoms with Gasteiger partial charge < -0.3 is 5.11 Å². The lowest BCUT2D eigenvalue weighted by Gasteiger charge is -2.30. The molecule has 1 heterocycles. The molecule has 1 unspecified atom stereocenters. The molecule has 0 aliphatic carbocycles. The summed E-state index contributed by atoms with van der Waals surface area (Å²) >= 11 is 0. The molecule has 1 aliphatic rings. The van der Waals surface area contributed by atoms with Crippen LogP contribution >= 0.6 is 0 Å². The summed E-state index contributed by atoms with van der Waals surface area (Å²) in [5.74, 6) is -0.277. The van der Waals surface area contributed by atoms with Crippen LogP contribution in [-0.2, 0) is 5.41 Å². The van der Waals surface area contributed by atoms with Crippen molar-refractivity contribution in [3.05, 3.63) is 71.3 Å². The van der Waals surface area contributed by atoms with Gasteiger partial charge in [0.15, 0.2) is 5.72 Å². The maximum absolute atomic E-state index is 13.0. The Morgan fingerprint density at radius 3 is 2.27 bits per heavy atom.